The minimum atomic E-state index is -2.82. The minimum Gasteiger partial charge on any atom is -0.435 e. The third-order valence-electron chi connectivity index (χ3n) is 2.08. The first-order valence-corrected chi connectivity index (χ1v) is 5.24. The van der Waals surface area contributed by atoms with Crippen molar-refractivity contribution in [3.05, 3.63) is 36.4 Å². The topological polar surface area (TPSA) is 39.9 Å². The van der Waals surface area contributed by atoms with E-state index in [0.29, 0.717) is 5.82 Å². The molecule has 1 aromatic heterocycles. The average molecular weight is 260 g/mol. The number of rotatable bonds is 4. The first-order chi connectivity index (χ1) is 8.20. The summed E-state index contributed by atoms with van der Waals surface area (Å²) >= 11 is 5.68. The maximum Gasteiger partial charge on any atom is 0.387 e. The van der Waals surface area contributed by atoms with Gasteiger partial charge < -0.3 is 4.74 Å². The fraction of sp³-hybridized carbons (Fsp3) is 0.200. The van der Waals surface area contributed by atoms with Gasteiger partial charge in [0.25, 0.3) is 0 Å². The number of hydrogen-bond donors (Lipinski definition) is 0. The Labute approximate surface area is 101 Å². The van der Waals surface area contributed by atoms with Gasteiger partial charge in [-0.2, -0.15) is 8.78 Å². The Bertz CT molecular complexity index is 487. The summed E-state index contributed by atoms with van der Waals surface area (Å²) in [5, 5.41) is 7.53. The zero-order chi connectivity index (χ0) is 12.3. The first-order valence-electron chi connectivity index (χ1n) is 4.71. The molecule has 2 aromatic rings. The molecule has 0 spiro atoms. The molecule has 1 aromatic carbocycles. The monoisotopic (exact) mass is 259 g/mol. The van der Waals surface area contributed by atoms with Crippen LogP contribution < -0.4 is 4.74 Å². The van der Waals surface area contributed by atoms with Gasteiger partial charge in [-0.25, -0.2) is 0 Å². The lowest BCUT2D eigenvalue weighted by Crippen LogP contribution is -2.02. The molecule has 0 saturated carbocycles. The summed E-state index contributed by atoms with van der Waals surface area (Å²) in [5.41, 5.74) is 0.729. The van der Waals surface area contributed by atoms with Crippen LogP contribution in [-0.4, -0.2) is 21.4 Å². The molecule has 0 aliphatic rings. The molecule has 1 heterocycles. The zero-order valence-electron chi connectivity index (χ0n) is 8.55. The Hall–Kier alpha value is -1.69. The molecule has 0 atom stereocenters. The molecule has 0 bridgehead atoms. The van der Waals surface area contributed by atoms with Crippen LogP contribution in [0.5, 0.6) is 5.75 Å². The molecule has 7 heteroatoms. The van der Waals surface area contributed by atoms with Crippen molar-refractivity contribution in [3.8, 4) is 11.4 Å². The lowest BCUT2D eigenvalue weighted by atomic mass is 10.3. The van der Waals surface area contributed by atoms with E-state index in [-0.39, 0.29) is 11.6 Å². The number of halogens is 3. The van der Waals surface area contributed by atoms with E-state index in [1.165, 1.54) is 18.5 Å². The van der Waals surface area contributed by atoms with E-state index < -0.39 is 6.61 Å². The molecule has 2 rings (SSSR count). The van der Waals surface area contributed by atoms with Crippen LogP contribution in [0.1, 0.15) is 5.82 Å². The SMILES string of the molecule is FC(F)Oc1ccc(-n2cnnc2CCl)cc1. The molecule has 0 radical (unpaired) electrons. The van der Waals surface area contributed by atoms with Crippen molar-refractivity contribution in [2.45, 2.75) is 12.5 Å². The highest BCUT2D eigenvalue weighted by Gasteiger charge is 2.07. The van der Waals surface area contributed by atoms with Crippen molar-refractivity contribution in [2.24, 2.45) is 0 Å². The summed E-state index contributed by atoms with van der Waals surface area (Å²) in [6, 6.07) is 6.13. The third-order valence-corrected chi connectivity index (χ3v) is 2.32. The lowest BCUT2D eigenvalue weighted by Gasteiger charge is -2.07. The minimum absolute atomic E-state index is 0.101. The summed E-state index contributed by atoms with van der Waals surface area (Å²) in [5.74, 6) is 0.897. The quantitative estimate of drug-likeness (QED) is 0.793. The summed E-state index contributed by atoms with van der Waals surface area (Å²) in [7, 11) is 0. The maximum absolute atomic E-state index is 11.9. The second kappa shape index (κ2) is 5.09. The van der Waals surface area contributed by atoms with Gasteiger partial charge in [-0.15, -0.1) is 21.8 Å². The van der Waals surface area contributed by atoms with Gasteiger partial charge >= 0.3 is 6.61 Å². The van der Waals surface area contributed by atoms with Crippen LogP contribution >= 0.6 is 11.6 Å². The van der Waals surface area contributed by atoms with Crippen molar-refractivity contribution >= 4 is 11.6 Å². The molecule has 0 aliphatic heterocycles. The lowest BCUT2D eigenvalue weighted by molar-refractivity contribution is -0.0498. The van der Waals surface area contributed by atoms with E-state index in [4.69, 9.17) is 11.6 Å². The Balaban J connectivity index is 2.23. The Kier molecular flexibility index (Phi) is 3.53. The normalized spacial score (nSPS) is 10.8. The Morgan fingerprint density at radius 3 is 2.59 bits per heavy atom. The van der Waals surface area contributed by atoms with Crippen LogP contribution in [-0.2, 0) is 5.88 Å². The highest BCUT2D eigenvalue weighted by atomic mass is 35.5. The Morgan fingerprint density at radius 2 is 2.00 bits per heavy atom. The first kappa shape index (κ1) is 11.8. The summed E-state index contributed by atoms with van der Waals surface area (Å²) < 4.78 is 29.8. The van der Waals surface area contributed by atoms with Crippen LogP contribution in [0.4, 0.5) is 8.78 Å². The van der Waals surface area contributed by atoms with Gasteiger partial charge in [0.15, 0.2) is 5.82 Å². The van der Waals surface area contributed by atoms with Gasteiger partial charge in [0.2, 0.25) is 0 Å². The summed E-state index contributed by atoms with van der Waals surface area (Å²) in [6.45, 7) is -2.82. The fourth-order valence-corrected chi connectivity index (χ4v) is 1.54. The van der Waals surface area contributed by atoms with Crippen molar-refractivity contribution in [3.63, 3.8) is 0 Å². The van der Waals surface area contributed by atoms with Crippen LogP contribution in [0, 0.1) is 0 Å². The van der Waals surface area contributed by atoms with E-state index >= 15 is 0 Å². The highest BCUT2D eigenvalue weighted by molar-refractivity contribution is 6.16. The zero-order valence-corrected chi connectivity index (χ0v) is 9.31. The molecule has 4 nitrogen and oxygen atoms in total. The summed E-state index contributed by atoms with van der Waals surface area (Å²) in [6.07, 6.45) is 1.50. The molecular weight excluding hydrogens is 252 g/mol. The number of hydrogen-bond acceptors (Lipinski definition) is 3. The van der Waals surface area contributed by atoms with Crippen molar-refractivity contribution < 1.29 is 13.5 Å². The van der Waals surface area contributed by atoms with Gasteiger partial charge in [0.05, 0.1) is 5.88 Å². The number of ether oxygens (including phenoxy) is 1. The van der Waals surface area contributed by atoms with Gasteiger partial charge in [0, 0.05) is 5.69 Å². The predicted molar refractivity (Wildman–Crippen MR) is 57.5 cm³/mol. The second-order valence-corrected chi connectivity index (χ2v) is 3.39. The molecule has 0 aliphatic carbocycles. The van der Waals surface area contributed by atoms with E-state index in [2.05, 4.69) is 14.9 Å². The van der Waals surface area contributed by atoms with Crippen LogP contribution in [0.2, 0.25) is 0 Å². The van der Waals surface area contributed by atoms with Crippen LogP contribution in [0.15, 0.2) is 30.6 Å². The van der Waals surface area contributed by atoms with Crippen molar-refractivity contribution in [1.29, 1.82) is 0 Å². The highest BCUT2D eigenvalue weighted by Crippen LogP contribution is 2.18. The van der Waals surface area contributed by atoms with E-state index in [1.807, 2.05) is 0 Å². The Morgan fingerprint density at radius 1 is 1.29 bits per heavy atom. The summed E-state index contributed by atoms with van der Waals surface area (Å²) in [4.78, 5) is 0. The second-order valence-electron chi connectivity index (χ2n) is 3.12. The van der Waals surface area contributed by atoms with E-state index in [9.17, 15) is 8.78 Å². The van der Waals surface area contributed by atoms with Crippen molar-refractivity contribution in [1.82, 2.24) is 14.8 Å². The predicted octanol–water partition coefficient (Wildman–Crippen LogP) is 2.61. The largest absolute Gasteiger partial charge is 0.435 e. The molecular formula is C10H8ClF2N3O. The number of nitrogens with zero attached hydrogens (tertiary/aromatic N) is 3. The number of benzene rings is 1. The molecule has 0 N–H and O–H groups in total. The van der Waals surface area contributed by atoms with Gasteiger partial charge in [-0.05, 0) is 24.3 Å². The molecule has 90 valence electrons. The van der Waals surface area contributed by atoms with Crippen LogP contribution in [0.25, 0.3) is 5.69 Å². The fourth-order valence-electron chi connectivity index (χ4n) is 1.35. The van der Waals surface area contributed by atoms with Gasteiger partial charge in [0.1, 0.15) is 12.1 Å². The number of alkyl halides is 3. The maximum atomic E-state index is 11.9. The van der Waals surface area contributed by atoms with Crippen LogP contribution in [0.3, 0.4) is 0 Å². The van der Waals surface area contributed by atoms with Gasteiger partial charge in [-0.3, -0.25) is 4.57 Å². The van der Waals surface area contributed by atoms with Gasteiger partial charge in [-0.1, -0.05) is 0 Å². The van der Waals surface area contributed by atoms with E-state index in [0.717, 1.165) is 5.69 Å². The molecule has 0 amide bonds. The number of aromatic nitrogens is 3. The molecule has 0 saturated heterocycles. The molecule has 17 heavy (non-hydrogen) atoms. The van der Waals surface area contributed by atoms with E-state index in [1.54, 1.807) is 16.7 Å². The molecule has 0 unspecified atom stereocenters. The smallest absolute Gasteiger partial charge is 0.387 e. The average Bonchev–Trinajstić information content (AvgIpc) is 2.77. The standard InChI is InChI=1S/C10H8ClF2N3O/c11-5-9-15-14-6-16(9)7-1-3-8(4-2-7)17-10(12)13/h1-4,6,10H,5H2. The van der Waals surface area contributed by atoms with Crippen molar-refractivity contribution in [2.75, 3.05) is 0 Å². The third kappa shape index (κ3) is 2.71. The molecule has 0 fully saturated rings.